The Morgan fingerprint density at radius 2 is 1.93 bits per heavy atom. The van der Waals surface area contributed by atoms with Crippen molar-refractivity contribution in [3.05, 3.63) is 29.8 Å². The lowest BCUT2D eigenvalue weighted by Crippen LogP contribution is -2.42. The highest BCUT2D eigenvalue weighted by Gasteiger charge is 2.25. The smallest absolute Gasteiger partial charge is 0.223 e. The Kier molecular flexibility index (Phi) is 6.33. The highest BCUT2D eigenvalue weighted by Crippen LogP contribution is 2.26. The van der Waals surface area contributed by atoms with Gasteiger partial charge in [-0.05, 0) is 39.7 Å². The van der Waals surface area contributed by atoms with Gasteiger partial charge < -0.3 is 10.1 Å². The molecule has 2 aromatic heterocycles. The third-order valence-electron chi connectivity index (χ3n) is 4.65. The Labute approximate surface area is 170 Å². The minimum Gasteiger partial charge on any atom is -0.475 e. The molecule has 0 atom stereocenters. The molecule has 158 valence electrons. The topological polar surface area (TPSA) is 97.3 Å². The van der Waals surface area contributed by atoms with Crippen molar-refractivity contribution in [2.45, 2.75) is 45.8 Å². The summed E-state index contributed by atoms with van der Waals surface area (Å²) in [5, 5.41) is 3.19. The number of rotatable bonds is 6. The number of nitrogens with zero attached hydrogens (tertiary/aromatic N) is 4. The Morgan fingerprint density at radius 3 is 2.52 bits per heavy atom. The first-order valence-electron chi connectivity index (χ1n) is 9.51. The van der Waals surface area contributed by atoms with Crippen molar-refractivity contribution in [2.24, 2.45) is 0 Å². The first kappa shape index (κ1) is 21.4. The second-order valence-electron chi connectivity index (χ2n) is 7.48. The monoisotopic (exact) mass is 423 g/mol. The van der Waals surface area contributed by atoms with Crippen molar-refractivity contribution in [1.82, 2.24) is 19.3 Å². The molecule has 8 nitrogen and oxygen atoms in total. The average Bonchev–Trinajstić information content (AvgIpc) is 2.64. The second kappa shape index (κ2) is 8.58. The number of halogens is 1. The third-order valence-corrected chi connectivity index (χ3v) is 5.95. The summed E-state index contributed by atoms with van der Waals surface area (Å²) in [7, 11) is -3.18. The molecule has 0 aliphatic carbocycles. The molecule has 10 heteroatoms. The zero-order valence-electron chi connectivity index (χ0n) is 17.0. The van der Waals surface area contributed by atoms with E-state index in [-0.39, 0.29) is 17.8 Å². The van der Waals surface area contributed by atoms with Crippen molar-refractivity contribution < 1.29 is 17.5 Å². The maximum Gasteiger partial charge on any atom is 0.223 e. The lowest BCUT2D eigenvalue weighted by atomic mass is 10.1. The van der Waals surface area contributed by atoms with Crippen LogP contribution in [0.4, 0.5) is 10.3 Å². The first-order valence-corrected chi connectivity index (χ1v) is 11.4. The van der Waals surface area contributed by atoms with Crippen LogP contribution in [0.25, 0.3) is 11.3 Å². The largest absolute Gasteiger partial charge is 0.475 e. The Hall–Kier alpha value is -2.33. The second-order valence-corrected chi connectivity index (χ2v) is 9.47. The molecule has 0 aromatic carbocycles. The lowest BCUT2D eigenvalue weighted by molar-refractivity contribution is 0.231. The number of ether oxygens (including phenoxy) is 1. The van der Waals surface area contributed by atoms with E-state index in [0.29, 0.717) is 43.3 Å². The van der Waals surface area contributed by atoms with Gasteiger partial charge in [0.15, 0.2) is 5.82 Å². The van der Waals surface area contributed by atoms with E-state index in [1.165, 1.54) is 16.8 Å². The number of aromatic nitrogens is 3. The van der Waals surface area contributed by atoms with E-state index in [1.54, 1.807) is 6.07 Å². The SMILES string of the molecule is Cc1cc(-c2nc(NC3CCN(S(C)(=O)=O)CC3)ncc2F)cnc1OC(C)C. The minimum atomic E-state index is -3.18. The molecular formula is C19H26FN5O3S. The normalized spacial score (nSPS) is 16.2. The molecule has 1 aliphatic heterocycles. The van der Waals surface area contributed by atoms with E-state index < -0.39 is 15.8 Å². The van der Waals surface area contributed by atoms with Gasteiger partial charge in [0.05, 0.1) is 18.6 Å². The van der Waals surface area contributed by atoms with E-state index in [2.05, 4.69) is 20.3 Å². The first-order chi connectivity index (χ1) is 13.6. The summed E-state index contributed by atoms with van der Waals surface area (Å²) in [6.07, 6.45) is 5.13. The van der Waals surface area contributed by atoms with Crippen LogP contribution in [0.1, 0.15) is 32.3 Å². The molecular weight excluding hydrogens is 397 g/mol. The number of anilines is 1. The van der Waals surface area contributed by atoms with Gasteiger partial charge in [-0.3, -0.25) is 0 Å². The van der Waals surface area contributed by atoms with Gasteiger partial charge in [0.2, 0.25) is 21.9 Å². The van der Waals surface area contributed by atoms with Gasteiger partial charge in [-0.15, -0.1) is 0 Å². The fraction of sp³-hybridized carbons (Fsp3) is 0.526. The molecule has 0 saturated carbocycles. The van der Waals surface area contributed by atoms with E-state index in [4.69, 9.17) is 4.74 Å². The van der Waals surface area contributed by atoms with Crippen LogP contribution < -0.4 is 10.1 Å². The van der Waals surface area contributed by atoms with Crippen LogP contribution in [0.3, 0.4) is 0 Å². The predicted octanol–water partition coefficient (Wildman–Crippen LogP) is 2.61. The van der Waals surface area contributed by atoms with Gasteiger partial charge in [-0.1, -0.05) is 0 Å². The summed E-state index contributed by atoms with van der Waals surface area (Å²) >= 11 is 0. The van der Waals surface area contributed by atoms with Gasteiger partial charge in [-0.25, -0.2) is 32.1 Å². The molecule has 0 spiro atoms. The number of piperidine rings is 1. The summed E-state index contributed by atoms with van der Waals surface area (Å²) in [6, 6.07) is 1.80. The fourth-order valence-corrected chi connectivity index (χ4v) is 4.07. The molecule has 1 fully saturated rings. The number of nitrogens with one attached hydrogen (secondary N) is 1. The van der Waals surface area contributed by atoms with Crippen molar-refractivity contribution in [2.75, 3.05) is 24.7 Å². The van der Waals surface area contributed by atoms with Crippen molar-refractivity contribution >= 4 is 16.0 Å². The molecule has 3 heterocycles. The van der Waals surface area contributed by atoms with E-state index >= 15 is 0 Å². The van der Waals surface area contributed by atoms with Crippen LogP contribution in [0.5, 0.6) is 5.88 Å². The van der Waals surface area contributed by atoms with Gasteiger partial charge >= 0.3 is 0 Å². The maximum absolute atomic E-state index is 14.4. The molecule has 0 bridgehead atoms. The molecule has 29 heavy (non-hydrogen) atoms. The Morgan fingerprint density at radius 1 is 1.24 bits per heavy atom. The third kappa shape index (κ3) is 5.39. The molecule has 1 N–H and O–H groups in total. The number of sulfonamides is 1. The van der Waals surface area contributed by atoms with Crippen LogP contribution in [0.2, 0.25) is 0 Å². The number of hydrogen-bond acceptors (Lipinski definition) is 7. The molecule has 1 aliphatic rings. The van der Waals surface area contributed by atoms with Crippen molar-refractivity contribution in [1.29, 1.82) is 0 Å². The lowest BCUT2D eigenvalue weighted by Gasteiger charge is -2.30. The van der Waals surface area contributed by atoms with Crippen LogP contribution in [0.15, 0.2) is 18.5 Å². The molecule has 1 saturated heterocycles. The van der Waals surface area contributed by atoms with Crippen molar-refractivity contribution in [3.8, 4) is 17.1 Å². The van der Waals surface area contributed by atoms with Crippen LogP contribution in [0, 0.1) is 12.7 Å². The van der Waals surface area contributed by atoms with E-state index in [9.17, 15) is 12.8 Å². The zero-order chi connectivity index (χ0) is 21.2. The molecule has 3 rings (SSSR count). The van der Waals surface area contributed by atoms with Gasteiger partial charge in [0.25, 0.3) is 0 Å². The standard InChI is InChI=1S/C19H26FN5O3S/c1-12(2)28-18-13(3)9-14(10-21-18)17-16(20)11-22-19(24-17)23-15-5-7-25(8-6-15)29(4,26)27/h9-12,15H,5-8H2,1-4H3,(H,22,23,24). The summed E-state index contributed by atoms with van der Waals surface area (Å²) in [5.41, 5.74) is 1.48. The number of pyridine rings is 1. The quantitative estimate of drug-likeness (QED) is 0.763. The zero-order valence-corrected chi connectivity index (χ0v) is 17.8. The highest BCUT2D eigenvalue weighted by molar-refractivity contribution is 7.88. The molecule has 2 aromatic rings. The molecule has 0 unspecified atom stereocenters. The van der Waals surface area contributed by atoms with Gasteiger partial charge in [0, 0.05) is 36.5 Å². The minimum absolute atomic E-state index is 0.00671. The Bertz CT molecular complexity index is 976. The summed E-state index contributed by atoms with van der Waals surface area (Å²) in [4.78, 5) is 12.6. The molecule has 0 amide bonds. The Balaban J connectivity index is 1.75. The summed E-state index contributed by atoms with van der Waals surface area (Å²) in [5.74, 6) is 0.273. The van der Waals surface area contributed by atoms with Gasteiger partial charge in [-0.2, -0.15) is 0 Å². The van der Waals surface area contributed by atoms with Crippen LogP contribution >= 0.6 is 0 Å². The van der Waals surface area contributed by atoms with Crippen LogP contribution in [-0.2, 0) is 10.0 Å². The van der Waals surface area contributed by atoms with Crippen molar-refractivity contribution in [3.63, 3.8) is 0 Å². The summed E-state index contributed by atoms with van der Waals surface area (Å²) in [6.45, 7) is 6.55. The number of aryl methyl sites for hydroxylation is 1. The van der Waals surface area contributed by atoms with E-state index in [0.717, 1.165) is 11.8 Å². The fourth-order valence-electron chi connectivity index (χ4n) is 3.19. The maximum atomic E-state index is 14.4. The average molecular weight is 424 g/mol. The summed E-state index contributed by atoms with van der Waals surface area (Å²) < 4.78 is 44.7. The number of hydrogen-bond donors (Lipinski definition) is 1. The van der Waals surface area contributed by atoms with E-state index in [1.807, 2.05) is 20.8 Å². The van der Waals surface area contributed by atoms with Crippen LogP contribution in [-0.4, -0.2) is 59.2 Å². The predicted molar refractivity (Wildman–Crippen MR) is 109 cm³/mol. The highest BCUT2D eigenvalue weighted by atomic mass is 32.2. The van der Waals surface area contributed by atoms with Gasteiger partial charge in [0.1, 0.15) is 5.69 Å². The molecule has 0 radical (unpaired) electrons.